The first-order valence-corrected chi connectivity index (χ1v) is 8.58. The Morgan fingerprint density at radius 2 is 2.04 bits per heavy atom. The number of benzene rings is 2. The van der Waals surface area contributed by atoms with E-state index in [1.54, 1.807) is 0 Å². The average Bonchev–Trinajstić information content (AvgIpc) is 2.62. The van der Waals surface area contributed by atoms with Gasteiger partial charge in [0.15, 0.2) is 0 Å². The molecule has 122 valence electrons. The first kappa shape index (κ1) is 15.9. The van der Waals surface area contributed by atoms with Crippen molar-refractivity contribution in [1.29, 1.82) is 0 Å². The molecule has 0 aliphatic carbocycles. The van der Waals surface area contributed by atoms with E-state index in [2.05, 4.69) is 73.0 Å². The summed E-state index contributed by atoms with van der Waals surface area (Å²) in [5, 5.41) is 7.08. The Morgan fingerprint density at radius 3 is 2.83 bits per heavy atom. The number of rotatable bonds is 6. The van der Waals surface area contributed by atoms with Crippen LogP contribution < -0.4 is 15.4 Å². The third kappa shape index (κ3) is 4.05. The van der Waals surface area contributed by atoms with Crippen molar-refractivity contribution in [2.45, 2.75) is 38.8 Å². The Morgan fingerprint density at radius 1 is 1.22 bits per heavy atom. The van der Waals surface area contributed by atoms with Gasteiger partial charge in [-0.2, -0.15) is 0 Å². The Bertz CT molecular complexity index is 627. The lowest BCUT2D eigenvalue weighted by atomic mass is 10.1. The second kappa shape index (κ2) is 7.51. The van der Waals surface area contributed by atoms with Crippen LogP contribution in [-0.4, -0.2) is 19.2 Å². The van der Waals surface area contributed by atoms with Gasteiger partial charge in [0.1, 0.15) is 11.9 Å². The summed E-state index contributed by atoms with van der Waals surface area (Å²) in [5.41, 5.74) is 3.80. The molecular weight excluding hydrogens is 284 g/mol. The van der Waals surface area contributed by atoms with Crippen molar-refractivity contribution in [3.63, 3.8) is 0 Å². The van der Waals surface area contributed by atoms with Gasteiger partial charge in [0.2, 0.25) is 0 Å². The van der Waals surface area contributed by atoms with Crippen LogP contribution in [0.2, 0.25) is 0 Å². The second-order valence-electron chi connectivity index (χ2n) is 6.20. The van der Waals surface area contributed by atoms with Gasteiger partial charge in [-0.3, -0.25) is 0 Å². The Hall–Kier alpha value is -2.00. The van der Waals surface area contributed by atoms with Gasteiger partial charge in [-0.15, -0.1) is 0 Å². The van der Waals surface area contributed by atoms with E-state index in [9.17, 15) is 0 Å². The molecule has 1 aliphatic heterocycles. The molecule has 23 heavy (non-hydrogen) atoms. The summed E-state index contributed by atoms with van der Waals surface area (Å²) in [5.74, 6) is 0.984. The SMILES string of the molecule is CCC1CNc2cc(CCNC(C)c3ccccc3)ccc2O1. The first-order valence-electron chi connectivity index (χ1n) is 8.58. The van der Waals surface area contributed by atoms with Gasteiger partial charge in [-0.1, -0.05) is 43.3 Å². The van der Waals surface area contributed by atoms with E-state index in [1.807, 2.05) is 0 Å². The molecular formula is C20H26N2O. The van der Waals surface area contributed by atoms with Gasteiger partial charge in [0, 0.05) is 6.04 Å². The van der Waals surface area contributed by atoms with Crippen molar-refractivity contribution in [3.05, 3.63) is 59.7 Å². The number of ether oxygens (including phenoxy) is 1. The number of nitrogens with one attached hydrogen (secondary N) is 2. The van der Waals surface area contributed by atoms with Crippen LogP contribution in [0.25, 0.3) is 0 Å². The van der Waals surface area contributed by atoms with E-state index in [1.165, 1.54) is 11.1 Å². The van der Waals surface area contributed by atoms with Crippen LogP contribution in [0.1, 0.15) is 37.4 Å². The molecule has 2 atom stereocenters. The molecule has 0 saturated heterocycles. The Labute approximate surface area is 139 Å². The van der Waals surface area contributed by atoms with Gasteiger partial charge < -0.3 is 15.4 Å². The van der Waals surface area contributed by atoms with Gasteiger partial charge >= 0.3 is 0 Å². The van der Waals surface area contributed by atoms with Crippen molar-refractivity contribution in [2.75, 3.05) is 18.4 Å². The number of anilines is 1. The van der Waals surface area contributed by atoms with E-state index in [0.29, 0.717) is 12.1 Å². The zero-order valence-corrected chi connectivity index (χ0v) is 14.0. The predicted octanol–water partition coefficient (Wildman–Crippen LogP) is 4.16. The highest BCUT2D eigenvalue weighted by atomic mass is 16.5. The maximum absolute atomic E-state index is 5.96. The average molecular weight is 310 g/mol. The molecule has 2 aromatic rings. The number of hydrogen-bond donors (Lipinski definition) is 2. The van der Waals surface area contributed by atoms with Crippen molar-refractivity contribution < 1.29 is 4.74 Å². The third-order valence-electron chi connectivity index (χ3n) is 4.48. The van der Waals surface area contributed by atoms with Gasteiger partial charge in [0.25, 0.3) is 0 Å². The van der Waals surface area contributed by atoms with Crippen molar-refractivity contribution in [2.24, 2.45) is 0 Å². The molecule has 1 heterocycles. The summed E-state index contributed by atoms with van der Waals surface area (Å²) in [4.78, 5) is 0. The zero-order valence-electron chi connectivity index (χ0n) is 14.0. The van der Waals surface area contributed by atoms with E-state index in [-0.39, 0.29) is 0 Å². The summed E-state index contributed by atoms with van der Waals surface area (Å²) in [6.07, 6.45) is 2.35. The predicted molar refractivity (Wildman–Crippen MR) is 96.2 cm³/mol. The molecule has 0 fully saturated rings. The normalized spacial score (nSPS) is 17.7. The number of fused-ring (bicyclic) bond motifs is 1. The lowest BCUT2D eigenvalue weighted by molar-refractivity contribution is 0.202. The lowest BCUT2D eigenvalue weighted by Crippen LogP contribution is -2.30. The maximum atomic E-state index is 5.96. The van der Waals surface area contributed by atoms with Crippen LogP contribution in [0, 0.1) is 0 Å². The van der Waals surface area contributed by atoms with Gasteiger partial charge in [-0.05, 0) is 49.6 Å². The molecule has 3 rings (SSSR count). The highest BCUT2D eigenvalue weighted by Crippen LogP contribution is 2.30. The number of hydrogen-bond acceptors (Lipinski definition) is 3. The summed E-state index contributed by atoms with van der Waals surface area (Å²) in [7, 11) is 0. The summed E-state index contributed by atoms with van der Waals surface area (Å²) in [6, 6.07) is 17.4. The molecule has 0 bridgehead atoms. The van der Waals surface area contributed by atoms with E-state index in [4.69, 9.17) is 4.74 Å². The third-order valence-corrected chi connectivity index (χ3v) is 4.48. The first-order chi connectivity index (χ1) is 11.3. The fourth-order valence-electron chi connectivity index (χ4n) is 2.94. The minimum Gasteiger partial charge on any atom is -0.486 e. The molecule has 0 amide bonds. The molecule has 1 aliphatic rings. The highest BCUT2D eigenvalue weighted by molar-refractivity contribution is 5.59. The van der Waals surface area contributed by atoms with Crippen molar-refractivity contribution in [3.8, 4) is 5.75 Å². The van der Waals surface area contributed by atoms with Crippen LogP contribution in [0.4, 0.5) is 5.69 Å². The Kier molecular flexibility index (Phi) is 5.19. The quantitative estimate of drug-likeness (QED) is 0.840. The minimum absolute atomic E-state index is 0.293. The highest BCUT2D eigenvalue weighted by Gasteiger charge is 2.17. The largest absolute Gasteiger partial charge is 0.486 e. The van der Waals surface area contributed by atoms with Gasteiger partial charge in [0.05, 0.1) is 12.2 Å². The van der Waals surface area contributed by atoms with E-state index in [0.717, 1.165) is 37.4 Å². The van der Waals surface area contributed by atoms with Crippen LogP contribution in [0.3, 0.4) is 0 Å². The molecule has 0 radical (unpaired) electrons. The summed E-state index contributed by atoms with van der Waals surface area (Å²) < 4.78 is 5.96. The van der Waals surface area contributed by atoms with Crippen molar-refractivity contribution in [1.82, 2.24) is 5.32 Å². The molecule has 0 saturated carbocycles. The molecule has 3 heteroatoms. The standard InChI is InChI=1S/C20H26N2O/c1-3-18-14-22-19-13-16(9-10-20(19)23-18)11-12-21-15(2)17-7-5-4-6-8-17/h4-10,13,15,18,21-22H,3,11-12,14H2,1-2H3. The smallest absolute Gasteiger partial charge is 0.142 e. The van der Waals surface area contributed by atoms with Crippen LogP contribution >= 0.6 is 0 Å². The van der Waals surface area contributed by atoms with Crippen LogP contribution in [0.15, 0.2) is 48.5 Å². The fraction of sp³-hybridized carbons (Fsp3) is 0.400. The molecule has 2 N–H and O–H groups in total. The second-order valence-corrected chi connectivity index (χ2v) is 6.20. The molecule has 0 aromatic heterocycles. The minimum atomic E-state index is 0.293. The van der Waals surface area contributed by atoms with Crippen LogP contribution in [-0.2, 0) is 6.42 Å². The maximum Gasteiger partial charge on any atom is 0.142 e. The summed E-state index contributed by atoms with van der Waals surface area (Å²) in [6.45, 7) is 6.23. The van der Waals surface area contributed by atoms with Crippen LogP contribution in [0.5, 0.6) is 5.75 Å². The summed E-state index contributed by atoms with van der Waals surface area (Å²) >= 11 is 0. The van der Waals surface area contributed by atoms with Gasteiger partial charge in [-0.25, -0.2) is 0 Å². The molecule has 0 spiro atoms. The zero-order chi connectivity index (χ0) is 16.1. The van der Waals surface area contributed by atoms with Crippen molar-refractivity contribution >= 4 is 5.69 Å². The monoisotopic (exact) mass is 310 g/mol. The Balaban J connectivity index is 1.53. The molecule has 2 unspecified atom stereocenters. The topological polar surface area (TPSA) is 33.3 Å². The molecule has 2 aromatic carbocycles. The fourth-order valence-corrected chi connectivity index (χ4v) is 2.94. The van der Waals surface area contributed by atoms with E-state index < -0.39 is 0 Å². The van der Waals surface area contributed by atoms with E-state index >= 15 is 0 Å². The lowest BCUT2D eigenvalue weighted by Gasteiger charge is -2.27. The molecule has 3 nitrogen and oxygen atoms in total.